The van der Waals surface area contributed by atoms with Crippen LogP contribution >= 0.6 is 0 Å². The molecule has 0 aliphatic carbocycles. The van der Waals surface area contributed by atoms with Crippen LogP contribution in [0.25, 0.3) is 0 Å². The van der Waals surface area contributed by atoms with Crippen molar-refractivity contribution in [1.82, 2.24) is 8.87 Å². The van der Waals surface area contributed by atoms with E-state index in [0.717, 1.165) is 12.1 Å². The smallest absolute Gasteiger partial charge is 0.414 e. The van der Waals surface area contributed by atoms with Crippen molar-refractivity contribution in [3.05, 3.63) is 34.2 Å². The average Bonchev–Trinajstić information content (AvgIpc) is 2.56. The van der Waals surface area contributed by atoms with Crippen molar-refractivity contribution in [1.29, 1.82) is 0 Å². The lowest BCUT2D eigenvalue weighted by molar-refractivity contribution is -0.159. The molecule has 0 spiro atoms. The Kier molecular flexibility index (Phi) is 6.16. The zero-order valence-corrected chi connectivity index (χ0v) is 14.8. The van der Waals surface area contributed by atoms with Crippen molar-refractivity contribution in [2.24, 2.45) is 11.7 Å². The summed E-state index contributed by atoms with van der Waals surface area (Å²) < 4.78 is 27.7. The normalized spacial score (nSPS) is 21.9. The largest absolute Gasteiger partial charge is 0.473 e. The maximum Gasteiger partial charge on any atom is 0.414 e. The lowest BCUT2D eigenvalue weighted by Crippen LogP contribution is -2.50. The van der Waals surface area contributed by atoms with Crippen molar-refractivity contribution in [3.8, 4) is 0 Å². The van der Waals surface area contributed by atoms with Gasteiger partial charge in [0.15, 0.2) is 0 Å². The summed E-state index contributed by atoms with van der Waals surface area (Å²) in [5.74, 6) is -3.32. The molecule has 0 amide bonds. The minimum Gasteiger partial charge on any atom is -0.473 e. The highest BCUT2D eigenvalue weighted by molar-refractivity contribution is 7.89. The summed E-state index contributed by atoms with van der Waals surface area (Å²) in [6, 6.07) is 5.25. The number of nitrogens with zero attached hydrogens (tertiary/aromatic N) is 2. The predicted molar refractivity (Wildman–Crippen MR) is 91.2 cm³/mol. The molecule has 1 fully saturated rings. The zero-order chi connectivity index (χ0) is 19.5. The van der Waals surface area contributed by atoms with Crippen LogP contribution in [-0.2, 0) is 26.2 Å². The van der Waals surface area contributed by atoms with Gasteiger partial charge in [-0.05, 0) is 18.4 Å². The third-order valence-corrected chi connectivity index (χ3v) is 6.23. The Morgan fingerprint density at radius 3 is 2.38 bits per heavy atom. The monoisotopic (exact) mass is 387 g/mol. The standard InChI is InChI=1S/C13H19N3O3S.C2H2O4/c14-4-5-20(18,19)15-7-10-6-11(9-15)12-2-1-3-13(17)16(12)8-10;3-1(4)2(5)6/h1-3,10-11H,4-9,14H2;(H,3,4)(H,5,6)/t10-,11-;/m0./s1. The first-order chi connectivity index (χ1) is 12.2. The molecule has 1 saturated heterocycles. The Morgan fingerprint density at radius 2 is 1.81 bits per heavy atom. The molecule has 2 aliphatic heterocycles. The number of rotatable bonds is 3. The Balaban J connectivity index is 0.000000352. The van der Waals surface area contributed by atoms with Gasteiger partial charge in [-0.25, -0.2) is 22.3 Å². The lowest BCUT2D eigenvalue weighted by Gasteiger charge is -2.42. The van der Waals surface area contributed by atoms with Crippen molar-refractivity contribution in [2.45, 2.75) is 18.9 Å². The van der Waals surface area contributed by atoms with Crippen LogP contribution in [0.3, 0.4) is 0 Å². The Bertz CT molecular complexity index is 837. The van der Waals surface area contributed by atoms with Gasteiger partial charge < -0.3 is 20.5 Å². The predicted octanol–water partition coefficient (Wildman–Crippen LogP) is -1.29. The van der Waals surface area contributed by atoms with Gasteiger partial charge in [0.05, 0.1) is 5.75 Å². The van der Waals surface area contributed by atoms with Crippen LogP contribution in [0.15, 0.2) is 23.0 Å². The Morgan fingerprint density at radius 1 is 1.15 bits per heavy atom. The van der Waals surface area contributed by atoms with Crippen LogP contribution < -0.4 is 11.3 Å². The number of fused-ring (bicyclic) bond motifs is 4. The van der Waals surface area contributed by atoms with Gasteiger partial charge in [0.25, 0.3) is 5.56 Å². The molecule has 0 aromatic carbocycles. The lowest BCUT2D eigenvalue weighted by atomic mass is 9.84. The first kappa shape index (κ1) is 20.1. The summed E-state index contributed by atoms with van der Waals surface area (Å²) >= 11 is 0. The van der Waals surface area contributed by atoms with Crippen molar-refractivity contribution in [3.63, 3.8) is 0 Å². The first-order valence-electron chi connectivity index (χ1n) is 7.99. The SMILES string of the molecule is NCCS(=O)(=O)N1C[C@@H]2C[C@@H](C1)c1cccc(=O)n1C2.O=C(O)C(=O)O. The molecular formula is C15H21N3O7S. The number of carbonyl (C=O) groups is 2. The molecule has 2 bridgehead atoms. The number of nitrogens with two attached hydrogens (primary N) is 1. The van der Waals surface area contributed by atoms with Crippen LogP contribution in [0.1, 0.15) is 18.0 Å². The molecule has 4 N–H and O–H groups in total. The Labute approximate surface area is 149 Å². The molecular weight excluding hydrogens is 366 g/mol. The number of pyridine rings is 1. The molecule has 26 heavy (non-hydrogen) atoms. The molecule has 3 heterocycles. The van der Waals surface area contributed by atoms with E-state index < -0.39 is 22.0 Å². The summed E-state index contributed by atoms with van der Waals surface area (Å²) in [4.78, 5) is 30.1. The minimum absolute atomic E-state index is 0.00592. The van der Waals surface area contributed by atoms with E-state index >= 15 is 0 Å². The number of hydrogen-bond acceptors (Lipinski definition) is 6. The van der Waals surface area contributed by atoms with E-state index in [0.29, 0.717) is 19.6 Å². The molecule has 0 saturated carbocycles. The fourth-order valence-electron chi connectivity index (χ4n) is 3.36. The van der Waals surface area contributed by atoms with Gasteiger partial charge in [0.2, 0.25) is 10.0 Å². The van der Waals surface area contributed by atoms with Gasteiger partial charge in [-0.15, -0.1) is 0 Å². The highest BCUT2D eigenvalue weighted by Crippen LogP contribution is 2.35. The van der Waals surface area contributed by atoms with E-state index in [9.17, 15) is 13.2 Å². The van der Waals surface area contributed by atoms with Crippen LogP contribution in [0.4, 0.5) is 0 Å². The van der Waals surface area contributed by atoms with Crippen molar-refractivity contribution >= 4 is 22.0 Å². The van der Waals surface area contributed by atoms with Crippen LogP contribution in [0.5, 0.6) is 0 Å². The highest BCUT2D eigenvalue weighted by atomic mass is 32.2. The zero-order valence-electron chi connectivity index (χ0n) is 13.9. The van der Waals surface area contributed by atoms with Crippen molar-refractivity contribution in [2.75, 3.05) is 25.4 Å². The fourth-order valence-corrected chi connectivity index (χ4v) is 4.76. The van der Waals surface area contributed by atoms with Gasteiger partial charge in [0.1, 0.15) is 0 Å². The summed E-state index contributed by atoms with van der Waals surface area (Å²) in [7, 11) is -3.27. The molecule has 11 heteroatoms. The second-order valence-electron chi connectivity index (χ2n) is 6.23. The number of carboxylic acid groups (broad SMARTS) is 2. The van der Waals surface area contributed by atoms with Gasteiger partial charge >= 0.3 is 11.9 Å². The number of aliphatic carboxylic acids is 2. The molecule has 144 valence electrons. The van der Waals surface area contributed by atoms with E-state index in [-0.39, 0.29) is 29.7 Å². The topological polar surface area (TPSA) is 160 Å². The van der Waals surface area contributed by atoms with E-state index in [2.05, 4.69) is 0 Å². The number of hydrogen-bond donors (Lipinski definition) is 3. The molecule has 2 aliphatic rings. The van der Waals surface area contributed by atoms with E-state index in [1.807, 2.05) is 6.07 Å². The number of aromatic nitrogens is 1. The number of carboxylic acids is 2. The number of sulfonamides is 1. The molecule has 2 atom stereocenters. The summed E-state index contributed by atoms with van der Waals surface area (Å²) in [6.45, 7) is 1.71. The van der Waals surface area contributed by atoms with Gasteiger partial charge in [-0.1, -0.05) is 6.07 Å². The maximum atomic E-state index is 12.2. The van der Waals surface area contributed by atoms with Crippen LogP contribution in [0, 0.1) is 5.92 Å². The molecule has 10 nitrogen and oxygen atoms in total. The first-order valence-corrected chi connectivity index (χ1v) is 9.60. The summed E-state index contributed by atoms with van der Waals surface area (Å²) in [5, 5.41) is 14.8. The molecule has 3 rings (SSSR count). The second kappa shape index (κ2) is 7.98. The average molecular weight is 387 g/mol. The van der Waals surface area contributed by atoms with E-state index in [1.165, 1.54) is 0 Å². The van der Waals surface area contributed by atoms with Gasteiger partial charge in [0, 0.05) is 43.9 Å². The minimum atomic E-state index is -3.27. The van der Waals surface area contributed by atoms with Crippen molar-refractivity contribution < 1.29 is 28.2 Å². The van der Waals surface area contributed by atoms with E-state index in [4.69, 9.17) is 25.5 Å². The highest BCUT2D eigenvalue weighted by Gasteiger charge is 2.38. The number of piperidine rings is 1. The fraction of sp³-hybridized carbons (Fsp3) is 0.533. The maximum absolute atomic E-state index is 12.2. The third kappa shape index (κ3) is 4.48. The molecule has 0 radical (unpaired) electrons. The van der Waals surface area contributed by atoms with Gasteiger partial charge in [-0.2, -0.15) is 0 Å². The van der Waals surface area contributed by atoms with Crippen LogP contribution in [0.2, 0.25) is 0 Å². The molecule has 1 aromatic heterocycles. The summed E-state index contributed by atoms with van der Waals surface area (Å²) in [5.41, 5.74) is 6.35. The third-order valence-electron chi connectivity index (χ3n) is 4.40. The Hall–Kier alpha value is -2.24. The van der Waals surface area contributed by atoms with Crippen LogP contribution in [-0.4, -0.2) is 64.8 Å². The quantitative estimate of drug-likeness (QED) is 0.540. The van der Waals surface area contributed by atoms with E-state index in [1.54, 1.807) is 21.0 Å². The molecule has 0 unspecified atom stereocenters. The van der Waals surface area contributed by atoms with Gasteiger partial charge in [-0.3, -0.25) is 4.79 Å². The second-order valence-corrected chi connectivity index (χ2v) is 8.32. The summed E-state index contributed by atoms with van der Waals surface area (Å²) in [6.07, 6.45) is 0.956. The molecule has 1 aromatic rings.